The van der Waals surface area contributed by atoms with Crippen LogP contribution in [0.2, 0.25) is 5.02 Å². The van der Waals surface area contributed by atoms with Crippen LogP contribution in [0, 0.1) is 28.9 Å². The van der Waals surface area contributed by atoms with Gasteiger partial charge in [0.15, 0.2) is 6.19 Å². The number of nitrogens with zero attached hydrogens (tertiary/aromatic N) is 2. The first-order chi connectivity index (χ1) is 5.77. The van der Waals surface area contributed by atoms with E-state index in [4.69, 9.17) is 22.1 Å². The fourth-order valence-electron chi connectivity index (χ4n) is 0.721. The highest BCUT2D eigenvalue weighted by Crippen LogP contribution is 2.18. The van der Waals surface area contributed by atoms with E-state index in [1.54, 1.807) is 6.19 Å². The lowest BCUT2D eigenvalue weighted by atomic mass is 10.2. The SMILES string of the molecule is N#CNc1c[c]c(Cl)cc1C#N. The molecule has 57 valence electrons. The highest BCUT2D eigenvalue weighted by atomic mass is 35.5. The van der Waals surface area contributed by atoms with Crippen LogP contribution in [0.3, 0.4) is 0 Å². The monoisotopic (exact) mass is 176 g/mol. The molecule has 1 radical (unpaired) electrons. The fourth-order valence-corrected chi connectivity index (χ4v) is 0.885. The van der Waals surface area contributed by atoms with Gasteiger partial charge in [-0.2, -0.15) is 10.5 Å². The standard InChI is InChI=1S/C8H3ClN3/c9-7-1-2-8(12-5-11)6(3-7)4-10/h2-3,12H. The third kappa shape index (κ3) is 1.66. The number of halogens is 1. The number of nitrogens with one attached hydrogen (secondary N) is 1. The molecular weight excluding hydrogens is 174 g/mol. The summed E-state index contributed by atoms with van der Waals surface area (Å²) in [5.74, 6) is 0. The Labute approximate surface area is 74.8 Å². The average Bonchev–Trinajstić information content (AvgIpc) is 2.08. The minimum atomic E-state index is 0.334. The van der Waals surface area contributed by atoms with Gasteiger partial charge in [0.2, 0.25) is 0 Å². The molecule has 4 heteroatoms. The summed E-state index contributed by atoms with van der Waals surface area (Å²) in [4.78, 5) is 0. The molecule has 0 aliphatic carbocycles. The van der Waals surface area contributed by atoms with E-state index in [1.165, 1.54) is 12.1 Å². The summed E-state index contributed by atoms with van der Waals surface area (Å²) in [6.07, 6.45) is 1.71. The Hall–Kier alpha value is -1.71. The third-order valence-corrected chi connectivity index (χ3v) is 1.44. The number of rotatable bonds is 1. The zero-order valence-corrected chi connectivity index (χ0v) is 6.68. The molecule has 0 atom stereocenters. The summed E-state index contributed by atoms with van der Waals surface area (Å²) in [6.45, 7) is 0. The van der Waals surface area contributed by atoms with E-state index < -0.39 is 0 Å². The summed E-state index contributed by atoms with van der Waals surface area (Å²) in [5, 5.41) is 19.6. The van der Waals surface area contributed by atoms with Crippen molar-refractivity contribution in [3.8, 4) is 12.3 Å². The maximum atomic E-state index is 8.60. The predicted molar refractivity (Wildman–Crippen MR) is 44.2 cm³/mol. The first kappa shape index (κ1) is 8.39. The molecule has 0 saturated heterocycles. The van der Waals surface area contributed by atoms with Gasteiger partial charge in [0.05, 0.1) is 11.3 Å². The van der Waals surface area contributed by atoms with Crippen LogP contribution in [-0.2, 0) is 0 Å². The van der Waals surface area contributed by atoms with E-state index in [9.17, 15) is 0 Å². The molecule has 0 aromatic heterocycles. The zero-order chi connectivity index (χ0) is 8.97. The normalized spacial score (nSPS) is 8.25. The summed E-state index contributed by atoms with van der Waals surface area (Å²) >= 11 is 5.58. The van der Waals surface area contributed by atoms with Crippen molar-refractivity contribution in [2.24, 2.45) is 0 Å². The summed E-state index contributed by atoms with van der Waals surface area (Å²) in [6, 6.07) is 7.47. The third-order valence-electron chi connectivity index (χ3n) is 1.23. The second-order valence-corrected chi connectivity index (χ2v) is 2.36. The van der Waals surface area contributed by atoms with Crippen LogP contribution in [0.15, 0.2) is 12.1 Å². The first-order valence-electron chi connectivity index (χ1n) is 3.04. The van der Waals surface area contributed by atoms with E-state index in [-0.39, 0.29) is 0 Å². The van der Waals surface area contributed by atoms with Crippen LogP contribution >= 0.6 is 11.6 Å². The maximum Gasteiger partial charge on any atom is 0.181 e. The molecule has 0 heterocycles. The van der Waals surface area contributed by atoms with Crippen LogP contribution < -0.4 is 5.32 Å². The molecule has 1 aromatic rings. The minimum absolute atomic E-state index is 0.334. The topological polar surface area (TPSA) is 59.6 Å². The van der Waals surface area contributed by atoms with Gasteiger partial charge in [-0.1, -0.05) is 11.6 Å². The molecular formula is C8H3ClN3. The van der Waals surface area contributed by atoms with Gasteiger partial charge in [0.1, 0.15) is 6.07 Å². The smallest absolute Gasteiger partial charge is 0.181 e. The highest BCUT2D eigenvalue weighted by molar-refractivity contribution is 6.30. The number of benzene rings is 1. The molecule has 1 N–H and O–H groups in total. The number of hydrogen-bond acceptors (Lipinski definition) is 3. The number of nitriles is 2. The van der Waals surface area contributed by atoms with Crippen molar-refractivity contribution in [2.75, 3.05) is 5.32 Å². The van der Waals surface area contributed by atoms with Gasteiger partial charge in [-0.25, -0.2) is 0 Å². The van der Waals surface area contributed by atoms with Gasteiger partial charge < -0.3 is 0 Å². The lowest BCUT2D eigenvalue weighted by Crippen LogP contribution is -1.90. The van der Waals surface area contributed by atoms with Gasteiger partial charge >= 0.3 is 0 Å². The molecule has 3 nitrogen and oxygen atoms in total. The van der Waals surface area contributed by atoms with E-state index >= 15 is 0 Å². The minimum Gasteiger partial charge on any atom is -0.291 e. The van der Waals surface area contributed by atoms with Crippen molar-refractivity contribution in [1.82, 2.24) is 0 Å². The Morgan fingerprint density at radius 1 is 1.50 bits per heavy atom. The Balaban J connectivity index is 3.15. The molecule has 0 aliphatic heterocycles. The predicted octanol–water partition coefficient (Wildman–Crippen LogP) is 1.90. The van der Waals surface area contributed by atoms with Crippen LogP contribution in [0.1, 0.15) is 5.56 Å². The summed E-state index contributed by atoms with van der Waals surface area (Å²) in [7, 11) is 0. The Morgan fingerprint density at radius 3 is 2.83 bits per heavy atom. The lowest BCUT2D eigenvalue weighted by molar-refractivity contribution is 1.44. The molecule has 1 rings (SSSR count). The second kappa shape index (κ2) is 3.61. The van der Waals surface area contributed by atoms with Crippen molar-refractivity contribution in [3.63, 3.8) is 0 Å². The van der Waals surface area contributed by atoms with Crippen LogP contribution in [-0.4, -0.2) is 0 Å². The van der Waals surface area contributed by atoms with Crippen LogP contribution in [0.4, 0.5) is 5.69 Å². The number of hydrogen-bond donors (Lipinski definition) is 1. The Morgan fingerprint density at radius 2 is 2.25 bits per heavy atom. The lowest BCUT2D eigenvalue weighted by Gasteiger charge is -1.98. The molecule has 0 saturated carbocycles. The van der Waals surface area contributed by atoms with Crippen LogP contribution in [0.5, 0.6) is 0 Å². The maximum absolute atomic E-state index is 8.60. The largest absolute Gasteiger partial charge is 0.291 e. The first-order valence-corrected chi connectivity index (χ1v) is 3.42. The van der Waals surface area contributed by atoms with Gasteiger partial charge in [-0.15, -0.1) is 0 Å². The van der Waals surface area contributed by atoms with Gasteiger partial charge in [0, 0.05) is 11.1 Å². The molecule has 12 heavy (non-hydrogen) atoms. The van der Waals surface area contributed by atoms with E-state index in [0.29, 0.717) is 16.3 Å². The van der Waals surface area contributed by atoms with E-state index in [2.05, 4.69) is 11.4 Å². The second-order valence-electron chi connectivity index (χ2n) is 1.96. The van der Waals surface area contributed by atoms with Crippen molar-refractivity contribution < 1.29 is 0 Å². The van der Waals surface area contributed by atoms with Crippen LogP contribution in [0.25, 0.3) is 0 Å². The van der Waals surface area contributed by atoms with Crippen molar-refractivity contribution in [3.05, 3.63) is 28.8 Å². The molecule has 0 fully saturated rings. The fraction of sp³-hybridized carbons (Fsp3) is 0. The Bertz CT molecular complexity index is 373. The molecule has 0 amide bonds. The molecule has 0 bridgehead atoms. The number of anilines is 1. The molecule has 1 aromatic carbocycles. The van der Waals surface area contributed by atoms with Crippen molar-refractivity contribution in [1.29, 1.82) is 10.5 Å². The molecule has 0 spiro atoms. The van der Waals surface area contributed by atoms with Crippen molar-refractivity contribution in [2.45, 2.75) is 0 Å². The Kier molecular flexibility index (Phi) is 2.53. The summed E-state index contributed by atoms with van der Waals surface area (Å²) < 4.78 is 0. The average molecular weight is 177 g/mol. The zero-order valence-electron chi connectivity index (χ0n) is 5.93. The van der Waals surface area contributed by atoms with Gasteiger partial charge in [-0.3, -0.25) is 5.32 Å². The van der Waals surface area contributed by atoms with Crippen molar-refractivity contribution >= 4 is 17.3 Å². The van der Waals surface area contributed by atoms with Gasteiger partial charge in [0.25, 0.3) is 0 Å². The summed E-state index contributed by atoms with van der Waals surface area (Å²) in [5.41, 5.74) is 0.754. The van der Waals surface area contributed by atoms with E-state index in [0.717, 1.165) is 0 Å². The van der Waals surface area contributed by atoms with E-state index in [1.807, 2.05) is 6.07 Å². The highest BCUT2D eigenvalue weighted by Gasteiger charge is 2.00. The quantitative estimate of drug-likeness (QED) is 0.525. The molecule has 0 aliphatic rings. The molecule has 0 unspecified atom stereocenters. The van der Waals surface area contributed by atoms with Gasteiger partial charge in [-0.05, 0) is 12.1 Å².